The van der Waals surface area contributed by atoms with Crippen LogP contribution in [0.25, 0.3) is 0 Å². The number of nitrogens with zero attached hydrogens (tertiary/aromatic N) is 4. The summed E-state index contributed by atoms with van der Waals surface area (Å²) >= 11 is 0. The van der Waals surface area contributed by atoms with E-state index in [1.54, 1.807) is 6.20 Å². The standard InChI is InChI=1S/C20H26FN7O/c1-19(2,21)16-14(9-23-12-26-16)11-25-18-24-10-13(8-22)17(28-18)27-15-4-6-20(3,29)7-5-15/h9-10,12,15,29H,4-7,11H2,1-3H3,(H2,24,25,27,28)/p+1. The van der Waals surface area contributed by atoms with Crippen LogP contribution in [0, 0.1) is 11.3 Å². The fourth-order valence-corrected chi connectivity index (χ4v) is 3.47. The van der Waals surface area contributed by atoms with E-state index in [0.717, 1.165) is 12.8 Å². The average Bonchev–Trinajstić information content (AvgIpc) is 2.68. The normalized spacial score (nSPS) is 22.0. The number of aromatic nitrogens is 4. The highest BCUT2D eigenvalue weighted by molar-refractivity contribution is 5.54. The molecule has 0 saturated heterocycles. The number of nitrogens with one attached hydrogen (secondary N) is 3. The Morgan fingerprint density at radius 2 is 2.10 bits per heavy atom. The summed E-state index contributed by atoms with van der Waals surface area (Å²) in [6, 6.07) is 2.24. The van der Waals surface area contributed by atoms with Gasteiger partial charge in [0.05, 0.1) is 30.1 Å². The molecule has 0 spiro atoms. The van der Waals surface area contributed by atoms with Gasteiger partial charge in [0.1, 0.15) is 17.5 Å². The summed E-state index contributed by atoms with van der Waals surface area (Å²) in [6.45, 7) is 5.05. The summed E-state index contributed by atoms with van der Waals surface area (Å²) < 4.78 is 14.4. The third-order valence-corrected chi connectivity index (χ3v) is 5.14. The van der Waals surface area contributed by atoms with Gasteiger partial charge in [0.25, 0.3) is 6.33 Å². The van der Waals surface area contributed by atoms with Crippen LogP contribution in [0.2, 0.25) is 0 Å². The number of nitriles is 1. The molecule has 3 rings (SSSR count). The van der Waals surface area contributed by atoms with Crippen molar-refractivity contribution < 1.29 is 14.5 Å². The number of hydrogen-bond acceptors (Lipinski definition) is 7. The molecule has 2 heterocycles. The second-order valence-corrected chi connectivity index (χ2v) is 8.25. The fraction of sp³-hybridized carbons (Fsp3) is 0.550. The second kappa shape index (κ2) is 8.25. The Balaban J connectivity index is 1.72. The molecule has 1 aliphatic rings. The number of rotatable bonds is 6. The molecule has 154 valence electrons. The molecule has 0 bridgehead atoms. The molecule has 1 aliphatic carbocycles. The first kappa shape index (κ1) is 20.9. The van der Waals surface area contributed by atoms with Crippen LogP contribution in [0.1, 0.15) is 63.3 Å². The van der Waals surface area contributed by atoms with Crippen LogP contribution in [0.5, 0.6) is 0 Å². The van der Waals surface area contributed by atoms with E-state index in [-0.39, 0.29) is 12.6 Å². The molecular formula is C20H27FN7O+. The predicted molar refractivity (Wildman–Crippen MR) is 106 cm³/mol. The summed E-state index contributed by atoms with van der Waals surface area (Å²) in [7, 11) is 0. The molecule has 9 heteroatoms. The van der Waals surface area contributed by atoms with Gasteiger partial charge >= 0.3 is 0 Å². The third-order valence-electron chi connectivity index (χ3n) is 5.14. The van der Waals surface area contributed by atoms with E-state index >= 15 is 0 Å². The maximum absolute atomic E-state index is 14.4. The van der Waals surface area contributed by atoms with Crippen LogP contribution >= 0.6 is 0 Å². The highest BCUT2D eigenvalue weighted by atomic mass is 19.1. The van der Waals surface area contributed by atoms with Crippen LogP contribution in [0.3, 0.4) is 0 Å². The predicted octanol–water partition coefficient (Wildman–Crippen LogP) is 2.48. The molecule has 2 aromatic rings. The van der Waals surface area contributed by atoms with Crippen molar-refractivity contribution in [1.29, 1.82) is 5.26 Å². The lowest BCUT2D eigenvalue weighted by atomic mass is 9.83. The maximum Gasteiger partial charge on any atom is 0.284 e. The van der Waals surface area contributed by atoms with Gasteiger partial charge in [0.15, 0.2) is 11.4 Å². The van der Waals surface area contributed by atoms with Crippen molar-refractivity contribution in [3.63, 3.8) is 0 Å². The van der Waals surface area contributed by atoms with E-state index in [2.05, 4.69) is 36.6 Å². The van der Waals surface area contributed by atoms with Crippen molar-refractivity contribution in [2.45, 2.75) is 70.3 Å². The molecule has 0 unspecified atom stereocenters. The van der Waals surface area contributed by atoms with Gasteiger partial charge in [-0.05, 0) is 46.5 Å². The van der Waals surface area contributed by atoms with Crippen molar-refractivity contribution >= 4 is 11.8 Å². The number of anilines is 2. The van der Waals surface area contributed by atoms with Gasteiger partial charge in [-0.2, -0.15) is 10.2 Å². The van der Waals surface area contributed by atoms with Gasteiger partial charge in [-0.25, -0.2) is 9.37 Å². The third kappa shape index (κ3) is 5.35. The largest absolute Gasteiger partial charge is 0.390 e. The Hall–Kier alpha value is -2.86. The molecule has 0 amide bonds. The Morgan fingerprint density at radius 3 is 2.76 bits per heavy atom. The van der Waals surface area contributed by atoms with E-state index in [4.69, 9.17) is 0 Å². The minimum absolute atomic E-state index is 0.136. The lowest BCUT2D eigenvalue weighted by Crippen LogP contribution is -2.36. The van der Waals surface area contributed by atoms with Crippen LogP contribution < -0.4 is 15.6 Å². The molecule has 0 atom stereocenters. The SMILES string of the molecule is CC1(O)CCC(Nc2nc(NCc3c[nH+]cnc3C(C)(C)F)ncc2C#N)CC1. The zero-order valence-corrected chi connectivity index (χ0v) is 17.0. The van der Waals surface area contributed by atoms with Crippen LogP contribution in [-0.2, 0) is 12.2 Å². The molecule has 29 heavy (non-hydrogen) atoms. The highest BCUT2D eigenvalue weighted by Gasteiger charge is 2.30. The van der Waals surface area contributed by atoms with Gasteiger partial charge in [-0.1, -0.05) is 4.98 Å². The summed E-state index contributed by atoms with van der Waals surface area (Å²) in [5.41, 5.74) is -0.848. The van der Waals surface area contributed by atoms with E-state index in [1.165, 1.54) is 26.4 Å². The Morgan fingerprint density at radius 1 is 1.38 bits per heavy atom. The minimum Gasteiger partial charge on any atom is -0.390 e. The van der Waals surface area contributed by atoms with E-state index in [0.29, 0.717) is 41.4 Å². The summed E-state index contributed by atoms with van der Waals surface area (Å²) in [5, 5.41) is 25.9. The molecule has 0 aromatic carbocycles. The van der Waals surface area contributed by atoms with E-state index in [9.17, 15) is 14.8 Å². The first-order valence-corrected chi connectivity index (χ1v) is 9.72. The highest BCUT2D eigenvalue weighted by Crippen LogP contribution is 2.30. The smallest absolute Gasteiger partial charge is 0.284 e. The number of halogens is 1. The van der Waals surface area contributed by atoms with Gasteiger partial charge in [0, 0.05) is 6.04 Å². The van der Waals surface area contributed by atoms with E-state index in [1.807, 2.05) is 6.92 Å². The quantitative estimate of drug-likeness (QED) is 0.681. The lowest BCUT2D eigenvalue weighted by molar-refractivity contribution is -0.384. The first-order chi connectivity index (χ1) is 13.7. The molecular weight excluding hydrogens is 373 g/mol. The number of aliphatic hydroxyl groups is 1. The summed E-state index contributed by atoms with van der Waals surface area (Å²) in [6.07, 6.45) is 7.58. The number of alkyl halides is 1. The second-order valence-electron chi connectivity index (χ2n) is 8.25. The fourth-order valence-electron chi connectivity index (χ4n) is 3.47. The Kier molecular flexibility index (Phi) is 5.94. The van der Waals surface area contributed by atoms with Crippen molar-refractivity contribution in [2.75, 3.05) is 10.6 Å². The molecule has 2 aromatic heterocycles. The zero-order chi connectivity index (χ0) is 21.1. The first-order valence-electron chi connectivity index (χ1n) is 9.72. The number of H-pyrrole nitrogens is 1. The van der Waals surface area contributed by atoms with Crippen LogP contribution in [0.4, 0.5) is 16.2 Å². The molecule has 0 aliphatic heterocycles. The molecule has 1 saturated carbocycles. The van der Waals surface area contributed by atoms with Gasteiger partial charge < -0.3 is 15.7 Å². The average molecular weight is 400 g/mol. The summed E-state index contributed by atoms with van der Waals surface area (Å²) in [4.78, 5) is 15.6. The minimum atomic E-state index is -1.58. The zero-order valence-electron chi connectivity index (χ0n) is 17.0. The Labute approximate surface area is 169 Å². The number of hydrogen-bond donors (Lipinski definition) is 3. The lowest BCUT2D eigenvalue weighted by Gasteiger charge is -2.33. The van der Waals surface area contributed by atoms with Crippen molar-refractivity contribution in [1.82, 2.24) is 15.0 Å². The molecule has 0 radical (unpaired) electrons. The summed E-state index contributed by atoms with van der Waals surface area (Å²) in [5.74, 6) is 0.793. The van der Waals surface area contributed by atoms with Crippen molar-refractivity contribution in [3.8, 4) is 6.07 Å². The van der Waals surface area contributed by atoms with Crippen molar-refractivity contribution in [3.05, 3.63) is 35.5 Å². The van der Waals surface area contributed by atoms with Gasteiger partial charge in [0.2, 0.25) is 5.95 Å². The van der Waals surface area contributed by atoms with Crippen LogP contribution in [-0.4, -0.2) is 31.7 Å². The van der Waals surface area contributed by atoms with Gasteiger partial charge in [-0.15, -0.1) is 0 Å². The molecule has 4 N–H and O–H groups in total. The van der Waals surface area contributed by atoms with E-state index < -0.39 is 11.3 Å². The van der Waals surface area contributed by atoms with Crippen molar-refractivity contribution in [2.24, 2.45) is 0 Å². The Bertz CT molecular complexity index is 894. The monoisotopic (exact) mass is 400 g/mol. The molecule has 8 nitrogen and oxygen atoms in total. The molecule has 1 fully saturated rings. The number of aromatic amines is 1. The topological polar surface area (TPSA) is 121 Å². The van der Waals surface area contributed by atoms with Crippen LogP contribution in [0.15, 0.2) is 18.7 Å². The maximum atomic E-state index is 14.4. The van der Waals surface area contributed by atoms with Gasteiger partial charge in [-0.3, -0.25) is 4.98 Å².